The fourth-order valence-electron chi connectivity index (χ4n) is 2.11. The second-order valence-corrected chi connectivity index (χ2v) is 5.53. The Balaban J connectivity index is 2.10. The van der Waals surface area contributed by atoms with Crippen molar-refractivity contribution in [3.8, 4) is 0 Å². The van der Waals surface area contributed by atoms with E-state index in [9.17, 15) is 32.9 Å². The topological polar surface area (TPSA) is 89.3 Å². The highest BCUT2D eigenvalue weighted by Crippen LogP contribution is 2.21. The molecule has 0 fully saturated rings. The zero-order valence-electron chi connectivity index (χ0n) is 13.9. The van der Waals surface area contributed by atoms with Gasteiger partial charge in [0.05, 0.1) is 4.92 Å². The molecule has 0 aliphatic carbocycles. The molecule has 27 heavy (non-hydrogen) atoms. The molecule has 9 heteroatoms. The number of alkyl halides is 3. The molecule has 1 N–H and O–H groups in total. The number of rotatable bonds is 5. The maximum absolute atomic E-state index is 12.2. The van der Waals surface area contributed by atoms with Gasteiger partial charge in [0, 0.05) is 22.9 Å². The Bertz CT molecular complexity index is 919. The fourth-order valence-corrected chi connectivity index (χ4v) is 2.11. The first kappa shape index (κ1) is 19.8. The lowest BCUT2D eigenvalue weighted by molar-refractivity contribution is -0.385. The van der Waals surface area contributed by atoms with Gasteiger partial charge in [0.2, 0.25) is 0 Å². The summed E-state index contributed by atoms with van der Waals surface area (Å²) in [6, 6.07) is 9.35. The number of nitro groups is 1. The first-order valence-electron chi connectivity index (χ1n) is 7.53. The maximum Gasteiger partial charge on any atom is 0.471 e. The minimum absolute atomic E-state index is 0.0747. The number of aryl methyl sites for hydroxylation is 1. The summed E-state index contributed by atoms with van der Waals surface area (Å²) >= 11 is 0. The lowest BCUT2D eigenvalue weighted by Gasteiger charge is -2.07. The Morgan fingerprint density at radius 1 is 1.11 bits per heavy atom. The molecule has 0 aliphatic rings. The van der Waals surface area contributed by atoms with Crippen molar-refractivity contribution in [1.82, 2.24) is 0 Å². The van der Waals surface area contributed by atoms with E-state index in [4.69, 9.17) is 0 Å². The molecule has 2 aromatic carbocycles. The number of anilines is 1. The van der Waals surface area contributed by atoms with Crippen LogP contribution in [0.1, 0.15) is 21.5 Å². The number of allylic oxidation sites excluding steroid dienone is 1. The van der Waals surface area contributed by atoms with Crippen LogP contribution >= 0.6 is 0 Å². The number of carbonyl (C=O) groups is 2. The maximum atomic E-state index is 12.2. The predicted octanol–water partition coefficient (Wildman–Crippen LogP) is 4.30. The summed E-state index contributed by atoms with van der Waals surface area (Å²) in [5.74, 6) is -2.56. The van der Waals surface area contributed by atoms with E-state index in [2.05, 4.69) is 0 Å². The molecule has 0 bridgehead atoms. The minimum atomic E-state index is -5.01. The van der Waals surface area contributed by atoms with Crippen LogP contribution < -0.4 is 5.32 Å². The molecule has 0 unspecified atom stereocenters. The smallest absolute Gasteiger partial charge is 0.318 e. The van der Waals surface area contributed by atoms with Gasteiger partial charge in [0.1, 0.15) is 0 Å². The van der Waals surface area contributed by atoms with Crippen molar-refractivity contribution >= 4 is 29.1 Å². The molecular weight excluding hydrogens is 365 g/mol. The minimum Gasteiger partial charge on any atom is -0.318 e. The highest BCUT2D eigenvalue weighted by Gasteiger charge is 2.38. The molecular formula is C18H13F3N2O4. The van der Waals surface area contributed by atoms with E-state index in [1.807, 2.05) is 0 Å². The molecule has 0 radical (unpaired) electrons. The second kappa shape index (κ2) is 7.81. The van der Waals surface area contributed by atoms with E-state index in [0.717, 1.165) is 0 Å². The Kier molecular flexibility index (Phi) is 5.74. The van der Waals surface area contributed by atoms with E-state index >= 15 is 0 Å². The number of hydrogen-bond donors (Lipinski definition) is 1. The van der Waals surface area contributed by atoms with Crippen molar-refractivity contribution in [3.05, 3.63) is 75.3 Å². The van der Waals surface area contributed by atoms with Gasteiger partial charge in [-0.15, -0.1) is 0 Å². The number of carbonyl (C=O) groups excluding carboxylic acids is 2. The third kappa shape index (κ3) is 5.24. The highest BCUT2D eigenvalue weighted by atomic mass is 19.4. The van der Waals surface area contributed by atoms with Crippen LogP contribution in [-0.2, 0) is 4.79 Å². The quantitative estimate of drug-likeness (QED) is 0.364. The SMILES string of the molecule is Cc1ccc(C=CC(=O)c2ccc(NC(=O)C(F)(F)F)cc2)cc1[N+](=O)[O-]. The van der Waals surface area contributed by atoms with Gasteiger partial charge in [-0.2, -0.15) is 13.2 Å². The number of nitro benzene ring substituents is 1. The van der Waals surface area contributed by atoms with Crippen LogP contribution in [0, 0.1) is 17.0 Å². The number of amides is 1. The summed E-state index contributed by atoms with van der Waals surface area (Å²) in [5.41, 5.74) is 0.939. The van der Waals surface area contributed by atoms with Gasteiger partial charge in [0.25, 0.3) is 5.69 Å². The fraction of sp³-hybridized carbons (Fsp3) is 0.111. The van der Waals surface area contributed by atoms with E-state index in [1.165, 1.54) is 42.5 Å². The largest absolute Gasteiger partial charge is 0.471 e. The van der Waals surface area contributed by atoms with Crippen LogP contribution in [0.4, 0.5) is 24.5 Å². The summed E-state index contributed by atoms with van der Waals surface area (Å²) < 4.78 is 36.6. The summed E-state index contributed by atoms with van der Waals surface area (Å²) in [7, 11) is 0. The number of nitrogens with zero attached hydrogens (tertiary/aromatic N) is 1. The summed E-state index contributed by atoms with van der Waals surface area (Å²) in [6.45, 7) is 1.59. The van der Waals surface area contributed by atoms with Crippen LogP contribution in [0.3, 0.4) is 0 Å². The molecule has 1 amide bonds. The van der Waals surface area contributed by atoms with Crippen molar-refractivity contribution < 1.29 is 27.7 Å². The van der Waals surface area contributed by atoms with Gasteiger partial charge in [-0.05, 0) is 42.8 Å². The normalized spacial score (nSPS) is 11.4. The standard InChI is InChI=1S/C18H13F3N2O4/c1-11-2-3-12(10-15(11)23(26)27)4-9-16(24)13-5-7-14(8-6-13)22-17(25)18(19,20)21/h2-10H,1H3,(H,22,25). The molecule has 6 nitrogen and oxygen atoms in total. The lowest BCUT2D eigenvalue weighted by atomic mass is 10.1. The van der Waals surface area contributed by atoms with Crippen molar-refractivity contribution in [3.63, 3.8) is 0 Å². The number of benzene rings is 2. The third-order valence-corrected chi connectivity index (χ3v) is 3.54. The van der Waals surface area contributed by atoms with E-state index in [-0.39, 0.29) is 16.9 Å². The molecule has 0 heterocycles. The Morgan fingerprint density at radius 3 is 2.30 bits per heavy atom. The predicted molar refractivity (Wildman–Crippen MR) is 92.3 cm³/mol. The van der Waals surface area contributed by atoms with Crippen LogP contribution in [-0.4, -0.2) is 22.8 Å². The van der Waals surface area contributed by atoms with Crippen molar-refractivity contribution in [2.24, 2.45) is 0 Å². The van der Waals surface area contributed by atoms with Crippen LogP contribution in [0.25, 0.3) is 6.08 Å². The second-order valence-electron chi connectivity index (χ2n) is 5.53. The zero-order valence-corrected chi connectivity index (χ0v) is 13.9. The van der Waals surface area contributed by atoms with Gasteiger partial charge in [-0.25, -0.2) is 0 Å². The van der Waals surface area contributed by atoms with E-state index in [0.29, 0.717) is 11.1 Å². The molecule has 0 spiro atoms. The first-order chi connectivity index (χ1) is 12.6. The Labute approximate surface area is 151 Å². The zero-order chi connectivity index (χ0) is 20.2. The van der Waals surface area contributed by atoms with Gasteiger partial charge in [0.15, 0.2) is 5.78 Å². The molecule has 0 saturated heterocycles. The van der Waals surface area contributed by atoms with Crippen molar-refractivity contribution in [2.45, 2.75) is 13.1 Å². The molecule has 0 aliphatic heterocycles. The van der Waals surface area contributed by atoms with E-state index in [1.54, 1.807) is 24.4 Å². The van der Waals surface area contributed by atoms with Crippen LogP contribution in [0.15, 0.2) is 48.5 Å². The number of hydrogen-bond acceptors (Lipinski definition) is 4. The average molecular weight is 378 g/mol. The molecule has 0 atom stereocenters. The molecule has 2 rings (SSSR count). The third-order valence-electron chi connectivity index (χ3n) is 3.54. The van der Waals surface area contributed by atoms with Crippen LogP contribution in [0.2, 0.25) is 0 Å². The van der Waals surface area contributed by atoms with Gasteiger partial charge in [-0.3, -0.25) is 19.7 Å². The van der Waals surface area contributed by atoms with Gasteiger partial charge >= 0.3 is 12.1 Å². The van der Waals surface area contributed by atoms with Crippen molar-refractivity contribution in [1.29, 1.82) is 0 Å². The number of nitrogens with one attached hydrogen (secondary N) is 1. The first-order valence-corrected chi connectivity index (χ1v) is 7.53. The van der Waals surface area contributed by atoms with Crippen molar-refractivity contribution in [2.75, 3.05) is 5.32 Å². The number of ketones is 1. The molecule has 140 valence electrons. The van der Waals surface area contributed by atoms with E-state index < -0.39 is 22.8 Å². The van der Waals surface area contributed by atoms with Crippen LogP contribution in [0.5, 0.6) is 0 Å². The monoisotopic (exact) mass is 378 g/mol. The summed E-state index contributed by atoms with van der Waals surface area (Å²) in [6.07, 6.45) is -2.42. The Morgan fingerprint density at radius 2 is 1.74 bits per heavy atom. The van der Waals surface area contributed by atoms with Gasteiger partial charge < -0.3 is 5.32 Å². The molecule has 0 saturated carbocycles. The lowest BCUT2D eigenvalue weighted by Crippen LogP contribution is -2.29. The van der Waals surface area contributed by atoms with Gasteiger partial charge in [-0.1, -0.05) is 18.2 Å². The molecule has 0 aromatic heterocycles. The average Bonchev–Trinajstić information content (AvgIpc) is 2.60. The Hall–Kier alpha value is -3.49. The summed E-state index contributed by atoms with van der Waals surface area (Å²) in [5, 5.41) is 12.6. The number of halogens is 3. The summed E-state index contributed by atoms with van der Waals surface area (Å²) in [4.78, 5) is 33.4. The highest BCUT2D eigenvalue weighted by molar-refractivity contribution is 6.07. The molecule has 2 aromatic rings.